The summed E-state index contributed by atoms with van der Waals surface area (Å²) in [5.41, 5.74) is 6.64. The van der Waals surface area contributed by atoms with E-state index in [0.29, 0.717) is 12.2 Å². The van der Waals surface area contributed by atoms with Gasteiger partial charge in [0, 0.05) is 12.7 Å². The summed E-state index contributed by atoms with van der Waals surface area (Å²) in [6.45, 7) is 0.363. The van der Waals surface area contributed by atoms with Crippen molar-refractivity contribution in [3.63, 3.8) is 0 Å². The molecule has 2 N–H and O–H groups in total. The second-order valence-electron chi connectivity index (χ2n) is 2.93. The van der Waals surface area contributed by atoms with Crippen LogP contribution in [0.4, 0.5) is 4.39 Å². The van der Waals surface area contributed by atoms with Gasteiger partial charge >= 0.3 is 0 Å². The molecular formula is C10H10FN3. The van der Waals surface area contributed by atoms with Crippen molar-refractivity contribution in [3.05, 3.63) is 48.3 Å². The average Bonchev–Trinajstić information content (AvgIpc) is 2.67. The zero-order valence-electron chi connectivity index (χ0n) is 7.52. The monoisotopic (exact) mass is 191 g/mol. The van der Waals surface area contributed by atoms with Gasteiger partial charge in [-0.05, 0) is 12.1 Å². The lowest BCUT2D eigenvalue weighted by Crippen LogP contribution is -1.96. The molecule has 0 radical (unpaired) electrons. The van der Waals surface area contributed by atoms with Gasteiger partial charge in [-0.1, -0.05) is 12.1 Å². The first-order valence-corrected chi connectivity index (χ1v) is 4.29. The largest absolute Gasteiger partial charge is 0.325 e. The first-order valence-electron chi connectivity index (χ1n) is 4.29. The molecule has 0 aliphatic heterocycles. The van der Waals surface area contributed by atoms with E-state index in [1.807, 2.05) is 0 Å². The second kappa shape index (κ2) is 3.59. The third-order valence-electron chi connectivity index (χ3n) is 1.98. The molecule has 0 aliphatic rings. The van der Waals surface area contributed by atoms with Crippen molar-refractivity contribution in [2.24, 2.45) is 5.73 Å². The van der Waals surface area contributed by atoms with E-state index in [1.165, 1.54) is 6.07 Å². The molecule has 0 aliphatic carbocycles. The summed E-state index contributed by atoms with van der Waals surface area (Å²) in [5.74, 6) is -0.270. The van der Waals surface area contributed by atoms with Crippen LogP contribution in [0.25, 0.3) is 5.69 Å². The highest BCUT2D eigenvalue weighted by Crippen LogP contribution is 2.12. The summed E-state index contributed by atoms with van der Waals surface area (Å²) in [6, 6.07) is 6.54. The van der Waals surface area contributed by atoms with Crippen molar-refractivity contribution < 1.29 is 4.39 Å². The van der Waals surface area contributed by atoms with Gasteiger partial charge in [-0.15, -0.1) is 0 Å². The molecule has 1 heterocycles. The Kier molecular flexibility index (Phi) is 2.28. The Hall–Kier alpha value is -1.68. The Morgan fingerprint density at radius 1 is 1.36 bits per heavy atom. The van der Waals surface area contributed by atoms with Crippen molar-refractivity contribution in [1.82, 2.24) is 9.55 Å². The number of nitrogens with two attached hydrogens (primary N) is 1. The summed E-state index contributed by atoms with van der Waals surface area (Å²) >= 11 is 0. The number of aromatic nitrogens is 2. The topological polar surface area (TPSA) is 43.8 Å². The molecule has 4 heteroatoms. The van der Waals surface area contributed by atoms with Gasteiger partial charge in [0.2, 0.25) is 0 Å². The van der Waals surface area contributed by atoms with Crippen LogP contribution < -0.4 is 5.73 Å². The van der Waals surface area contributed by atoms with E-state index in [0.717, 1.165) is 5.69 Å². The van der Waals surface area contributed by atoms with Crippen molar-refractivity contribution in [2.45, 2.75) is 6.54 Å². The molecule has 0 amide bonds. The van der Waals surface area contributed by atoms with E-state index < -0.39 is 0 Å². The van der Waals surface area contributed by atoms with Crippen molar-refractivity contribution in [3.8, 4) is 5.69 Å². The van der Waals surface area contributed by atoms with Crippen LogP contribution in [-0.4, -0.2) is 9.55 Å². The molecule has 2 rings (SSSR count). The van der Waals surface area contributed by atoms with Gasteiger partial charge in [0.1, 0.15) is 5.82 Å². The summed E-state index contributed by atoms with van der Waals surface area (Å²) in [4.78, 5) is 4.02. The molecule has 3 nitrogen and oxygen atoms in total. The fraction of sp³-hybridized carbons (Fsp3) is 0.100. The highest BCUT2D eigenvalue weighted by molar-refractivity contribution is 5.33. The number of benzene rings is 1. The normalized spacial score (nSPS) is 10.4. The van der Waals surface area contributed by atoms with Gasteiger partial charge in [0.15, 0.2) is 0 Å². The number of rotatable bonds is 2. The van der Waals surface area contributed by atoms with Crippen molar-refractivity contribution in [2.75, 3.05) is 0 Å². The Bertz CT molecular complexity index is 436. The molecule has 2 aromatic rings. The lowest BCUT2D eigenvalue weighted by molar-refractivity contribution is 0.618. The fourth-order valence-corrected chi connectivity index (χ4v) is 1.26. The van der Waals surface area contributed by atoms with E-state index in [4.69, 9.17) is 5.73 Å². The third kappa shape index (κ3) is 1.52. The van der Waals surface area contributed by atoms with Crippen molar-refractivity contribution >= 4 is 0 Å². The van der Waals surface area contributed by atoms with Crippen LogP contribution in [0.5, 0.6) is 0 Å². The van der Waals surface area contributed by atoms with Gasteiger partial charge in [-0.2, -0.15) is 0 Å². The molecule has 1 aromatic heterocycles. The van der Waals surface area contributed by atoms with Crippen LogP contribution in [0.3, 0.4) is 0 Å². The fourth-order valence-electron chi connectivity index (χ4n) is 1.26. The van der Waals surface area contributed by atoms with E-state index in [2.05, 4.69) is 4.98 Å². The van der Waals surface area contributed by atoms with E-state index >= 15 is 0 Å². The Balaban J connectivity index is 2.44. The molecule has 0 atom stereocenters. The van der Waals surface area contributed by atoms with Crippen LogP contribution >= 0.6 is 0 Å². The van der Waals surface area contributed by atoms with E-state index in [-0.39, 0.29) is 5.82 Å². The maximum absolute atomic E-state index is 13.3. The molecule has 0 saturated heterocycles. The standard InChI is InChI=1S/C10H10FN3/c11-9-3-1-2-4-10(9)14-6-8(5-12)13-7-14/h1-4,6-7H,5,12H2. The number of hydrogen-bond donors (Lipinski definition) is 1. The Morgan fingerprint density at radius 3 is 2.79 bits per heavy atom. The average molecular weight is 191 g/mol. The van der Waals surface area contributed by atoms with E-state index in [9.17, 15) is 4.39 Å². The quantitative estimate of drug-likeness (QED) is 0.781. The zero-order chi connectivity index (χ0) is 9.97. The molecule has 0 spiro atoms. The lowest BCUT2D eigenvalue weighted by Gasteiger charge is -2.01. The van der Waals surface area contributed by atoms with Gasteiger partial charge in [-0.25, -0.2) is 9.37 Å². The Labute approximate surface area is 81.0 Å². The van der Waals surface area contributed by atoms with Gasteiger partial charge < -0.3 is 10.3 Å². The minimum Gasteiger partial charge on any atom is -0.325 e. The number of nitrogens with zero attached hydrogens (tertiary/aromatic N) is 2. The summed E-state index contributed by atoms with van der Waals surface area (Å²) < 4.78 is 14.9. The van der Waals surface area contributed by atoms with Crippen LogP contribution in [0.2, 0.25) is 0 Å². The number of para-hydroxylation sites is 1. The van der Waals surface area contributed by atoms with Gasteiger partial charge in [-0.3, -0.25) is 0 Å². The zero-order valence-corrected chi connectivity index (χ0v) is 7.52. The molecule has 0 bridgehead atoms. The summed E-state index contributed by atoms with van der Waals surface area (Å²) in [6.07, 6.45) is 3.28. The maximum Gasteiger partial charge on any atom is 0.147 e. The Morgan fingerprint density at radius 2 is 2.14 bits per heavy atom. The predicted octanol–water partition coefficient (Wildman–Crippen LogP) is 1.47. The highest BCUT2D eigenvalue weighted by Gasteiger charge is 2.03. The maximum atomic E-state index is 13.3. The van der Waals surface area contributed by atoms with Gasteiger partial charge in [0.25, 0.3) is 0 Å². The summed E-state index contributed by atoms with van der Waals surface area (Å²) in [5, 5.41) is 0. The number of imidazole rings is 1. The number of halogens is 1. The molecule has 72 valence electrons. The predicted molar refractivity (Wildman–Crippen MR) is 51.4 cm³/mol. The lowest BCUT2D eigenvalue weighted by atomic mass is 10.3. The van der Waals surface area contributed by atoms with E-state index in [1.54, 1.807) is 35.3 Å². The number of hydrogen-bond acceptors (Lipinski definition) is 2. The highest BCUT2D eigenvalue weighted by atomic mass is 19.1. The first kappa shape index (κ1) is 8.90. The second-order valence-corrected chi connectivity index (χ2v) is 2.93. The molecule has 1 aromatic carbocycles. The third-order valence-corrected chi connectivity index (χ3v) is 1.98. The molecule has 0 unspecified atom stereocenters. The van der Waals surface area contributed by atoms with Crippen LogP contribution in [0.1, 0.15) is 5.69 Å². The molecule has 0 fully saturated rings. The van der Waals surface area contributed by atoms with Crippen LogP contribution in [0.15, 0.2) is 36.8 Å². The van der Waals surface area contributed by atoms with Gasteiger partial charge in [0.05, 0.1) is 17.7 Å². The summed E-state index contributed by atoms with van der Waals surface area (Å²) in [7, 11) is 0. The molecule has 14 heavy (non-hydrogen) atoms. The van der Waals surface area contributed by atoms with Crippen molar-refractivity contribution in [1.29, 1.82) is 0 Å². The molecule has 0 saturated carbocycles. The van der Waals surface area contributed by atoms with Crippen LogP contribution in [0, 0.1) is 5.82 Å². The minimum absolute atomic E-state index is 0.270. The minimum atomic E-state index is -0.270. The first-order chi connectivity index (χ1) is 6.81. The SMILES string of the molecule is NCc1cn(-c2ccccc2F)cn1. The molecular weight excluding hydrogens is 181 g/mol. The smallest absolute Gasteiger partial charge is 0.147 e. The van der Waals surface area contributed by atoms with Crippen LogP contribution in [-0.2, 0) is 6.54 Å².